The molecule has 7 nitrogen and oxygen atoms in total. The van der Waals surface area contributed by atoms with Gasteiger partial charge in [-0.2, -0.15) is 5.10 Å². The van der Waals surface area contributed by atoms with E-state index in [2.05, 4.69) is 12.2 Å². The van der Waals surface area contributed by atoms with Crippen LogP contribution in [0.25, 0.3) is 0 Å². The number of thiophene rings is 1. The van der Waals surface area contributed by atoms with Crippen LogP contribution in [0.3, 0.4) is 0 Å². The molecular formula is C30H33N3O4S. The average molecular weight is 532 g/mol. The molecule has 3 aromatic rings. The number of carbonyl (C=O) groups excluding carboxylic acids is 2. The number of ether oxygens (including phenoxy) is 2. The summed E-state index contributed by atoms with van der Waals surface area (Å²) in [6.45, 7) is 2.45. The summed E-state index contributed by atoms with van der Waals surface area (Å²) in [6, 6.07) is 17.1. The molecule has 1 atom stereocenters. The van der Waals surface area contributed by atoms with Gasteiger partial charge in [0.1, 0.15) is 0 Å². The number of hydrogen-bond acceptors (Lipinski definition) is 6. The second-order valence-electron chi connectivity index (χ2n) is 9.76. The molecule has 8 heteroatoms. The highest BCUT2D eigenvalue weighted by Crippen LogP contribution is 2.34. The van der Waals surface area contributed by atoms with Gasteiger partial charge in [0.25, 0.3) is 5.91 Å². The predicted molar refractivity (Wildman–Crippen MR) is 150 cm³/mol. The molecule has 198 valence electrons. The van der Waals surface area contributed by atoms with E-state index >= 15 is 0 Å². The smallest absolute Gasteiger partial charge is 0.265 e. The summed E-state index contributed by atoms with van der Waals surface area (Å²) in [5.41, 5.74) is 3.49. The van der Waals surface area contributed by atoms with Crippen molar-refractivity contribution >= 4 is 34.6 Å². The zero-order valence-electron chi connectivity index (χ0n) is 21.8. The van der Waals surface area contributed by atoms with E-state index in [0.29, 0.717) is 29.3 Å². The molecule has 0 radical (unpaired) electrons. The maximum Gasteiger partial charge on any atom is 0.265 e. The Hall–Kier alpha value is -3.65. The number of benzene rings is 2. The molecule has 1 unspecified atom stereocenters. The molecule has 1 fully saturated rings. The minimum atomic E-state index is -0.130. The Morgan fingerprint density at radius 3 is 2.58 bits per heavy atom. The lowest BCUT2D eigenvalue weighted by Gasteiger charge is -2.29. The van der Waals surface area contributed by atoms with Crippen LogP contribution in [0.1, 0.15) is 66.2 Å². The summed E-state index contributed by atoms with van der Waals surface area (Å²) in [5.74, 6) is 1.37. The highest BCUT2D eigenvalue weighted by Gasteiger charge is 2.30. The summed E-state index contributed by atoms with van der Waals surface area (Å²) in [5, 5.41) is 11.2. The van der Waals surface area contributed by atoms with Gasteiger partial charge in [-0.05, 0) is 79.4 Å². The number of hydrogen-bond donors (Lipinski definition) is 1. The van der Waals surface area contributed by atoms with Crippen LogP contribution in [-0.2, 0) is 11.3 Å². The monoisotopic (exact) mass is 531 g/mol. The third-order valence-corrected chi connectivity index (χ3v) is 8.03. The van der Waals surface area contributed by atoms with Crippen LogP contribution < -0.4 is 14.8 Å². The summed E-state index contributed by atoms with van der Waals surface area (Å²) in [7, 11) is 1.66. The van der Waals surface area contributed by atoms with Crippen molar-refractivity contribution in [1.29, 1.82) is 0 Å². The predicted octanol–water partition coefficient (Wildman–Crippen LogP) is 6.49. The van der Waals surface area contributed by atoms with Crippen molar-refractivity contribution in [3.05, 3.63) is 76.0 Å². The average Bonchev–Trinajstić information content (AvgIpc) is 3.66. The molecule has 2 amide bonds. The van der Waals surface area contributed by atoms with Gasteiger partial charge in [-0.1, -0.05) is 25.1 Å². The molecule has 1 saturated carbocycles. The number of carbonyl (C=O) groups is 2. The summed E-state index contributed by atoms with van der Waals surface area (Å²) in [4.78, 5) is 26.0. The number of nitrogens with one attached hydrogen (secondary N) is 1. The van der Waals surface area contributed by atoms with Crippen molar-refractivity contribution in [3.63, 3.8) is 0 Å². The van der Waals surface area contributed by atoms with E-state index in [0.717, 1.165) is 41.9 Å². The van der Waals surface area contributed by atoms with E-state index in [1.807, 2.05) is 53.9 Å². The largest absolute Gasteiger partial charge is 0.493 e. The third kappa shape index (κ3) is 5.91. The van der Waals surface area contributed by atoms with Crippen molar-refractivity contribution in [3.8, 4) is 11.5 Å². The van der Waals surface area contributed by atoms with Gasteiger partial charge in [-0.15, -0.1) is 11.3 Å². The number of amides is 2. The summed E-state index contributed by atoms with van der Waals surface area (Å²) >= 11 is 1.40. The molecule has 1 N–H and O–H groups in total. The van der Waals surface area contributed by atoms with Crippen LogP contribution in [0, 0.1) is 5.92 Å². The van der Waals surface area contributed by atoms with E-state index < -0.39 is 0 Å². The number of anilines is 1. The van der Waals surface area contributed by atoms with Crippen molar-refractivity contribution in [2.24, 2.45) is 11.0 Å². The molecule has 2 heterocycles. The lowest BCUT2D eigenvalue weighted by molar-refractivity contribution is -0.133. The quantitative estimate of drug-likeness (QED) is 0.342. The number of methoxy groups -OCH3 is 1. The van der Waals surface area contributed by atoms with E-state index in [4.69, 9.17) is 14.6 Å². The molecule has 5 rings (SSSR count). The Morgan fingerprint density at radius 1 is 1.11 bits per heavy atom. The molecule has 0 saturated heterocycles. The van der Waals surface area contributed by atoms with Crippen LogP contribution >= 0.6 is 11.3 Å². The van der Waals surface area contributed by atoms with Crippen molar-refractivity contribution in [2.75, 3.05) is 12.4 Å². The van der Waals surface area contributed by atoms with E-state index in [-0.39, 0.29) is 23.8 Å². The minimum absolute atomic E-state index is 0.00613. The minimum Gasteiger partial charge on any atom is -0.493 e. The second kappa shape index (κ2) is 11.8. The Balaban J connectivity index is 1.34. The Morgan fingerprint density at radius 2 is 1.89 bits per heavy atom. The molecule has 0 spiro atoms. The fourth-order valence-electron chi connectivity index (χ4n) is 5.02. The Kier molecular flexibility index (Phi) is 8.08. The molecule has 2 aliphatic rings. The highest BCUT2D eigenvalue weighted by atomic mass is 32.1. The van der Waals surface area contributed by atoms with Crippen LogP contribution in [0.2, 0.25) is 0 Å². The molecule has 38 heavy (non-hydrogen) atoms. The Labute approximate surface area is 227 Å². The fourth-order valence-corrected chi connectivity index (χ4v) is 5.63. The SMILES string of the molecule is CCC1CC(=O)N(Cc2ccc(NC(=O)c3cccs3)cc2)N=C1c1ccc(OC)c(OC2CCCC2)c1. The summed E-state index contributed by atoms with van der Waals surface area (Å²) < 4.78 is 11.9. The van der Waals surface area contributed by atoms with Crippen molar-refractivity contribution < 1.29 is 19.1 Å². The van der Waals surface area contributed by atoms with Crippen LogP contribution in [-0.4, -0.2) is 35.7 Å². The number of rotatable bonds is 9. The first-order valence-corrected chi connectivity index (χ1v) is 14.1. The topological polar surface area (TPSA) is 80.2 Å². The van der Waals surface area contributed by atoms with Gasteiger partial charge in [0.05, 0.1) is 30.3 Å². The molecule has 0 bridgehead atoms. The highest BCUT2D eigenvalue weighted by molar-refractivity contribution is 7.12. The van der Waals surface area contributed by atoms with Gasteiger partial charge < -0.3 is 14.8 Å². The van der Waals surface area contributed by atoms with Gasteiger partial charge in [-0.25, -0.2) is 5.01 Å². The van der Waals surface area contributed by atoms with E-state index in [9.17, 15) is 9.59 Å². The molecule has 1 aliphatic carbocycles. The third-order valence-electron chi connectivity index (χ3n) is 7.16. The first-order valence-electron chi connectivity index (χ1n) is 13.2. The van der Waals surface area contributed by atoms with Gasteiger partial charge in [0.2, 0.25) is 5.91 Å². The maximum absolute atomic E-state index is 13.0. The second-order valence-corrected chi connectivity index (χ2v) is 10.7. The van der Waals surface area contributed by atoms with Crippen molar-refractivity contribution in [1.82, 2.24) is 5.01 Å². The maximum atomic E-state index is 13.0. The number of nitrogens with zero attached hydrogens (tertiary/aromatic N) is 2. The summed E-state index contributed by atoms with van der Waals surface area (Å²) in [6.07, 6.45) is 5.95. The van der Waals surface area contributed by atoms with E-state index in [1.54, 1.807) is 18.2 Å². The van der Waals surface area contributed by atoms with Crippen molar-refractivity contribution in [2.45, 2.75) is 58.1 Å². The van der Waals surface area contributed by atoms with Crippen LogP contribution in [0.4, 0.5) is 5.69 Å². The van der Waals surface area contributed by atoms with Crippen LogP contribution in [0.5, 0.6) is 11.5 Å². The number of hydrazone groups is 1. The lowest BCUT2D eigenvalue weighted by atomic mass is 9.89. The van der Waals surface area contributed by atoms with E-state index in [1.165, 1.54) is 24.2 Å². The zero-order valence-corrected chi connectivity index (χ0v) is 22.6. The van der Waals surface area contributed by atoms with Gasteiger partial charge in [-0.3, -0.25) is 9.59 Å². The van der Waals surface area contributed by atoms with Gasteiger partial charge in [0, 0.05) is 23.6 Å². The zero-order chi connectivity index (χ0) is 26.5. The molecular weight excluding hydrogens is 498 g/mol. The molecule has 1 aromatic heterocycles. The molecule has 1 aliphatic heterocycles. The standard InChI is InChI=1S/C30H33N3O4S/c1-3-21-18-28(34)33(19-20-10-13-23(14-11-20)31-30(35)27-9-6-16-38-27)32-29(21)22-12-15-25(36-2)26(17-22)37-24-7-4-5-8-24/h6,9-17,21,24H,3-5,7-8,18-19H2,1-2H3,(H,31,35). The Bertz CT molecular complexity index is 1300. The lowest BCUT2D eigenvalue weighted by Crippen LogP contribution is -2.36. The first-order chi connectivity index (χ1) is 18.5. The van der Waals surface area contributed by atoms with Gasteiger partial charge in [0.15, 0.2) is 11.5 Å². The first kappa shape index (κ1) is 26.0. The van der Waals surface area contributed by atoms with Gasteiger partial charge >= 0.3 is 0 Å². The fraction of sp³-hybridized carbons (Fsp3) is 0.367. The molecule has 2 aromatic carbocycles. The van der Waals surface area contributed by atoms with Crippen LogP contribution in [0.15, 0.2) is 65.1 Å². The normalized spacial score (nSPS) is 17.8.